The van der Waals surface area contributed by atoms with Crippen molar-refractivity contribution in [2.75, 3.05) is 6.61 Å². The molecule has 0 unspecified atom stereocenters. The van der Waals surface area contributed by atoms with E-state index in [0.29, 0.717) is 5.57 Å². The Morgan fingerprint density at radius 1 is 1.52 bits per heavy atom. The number of hydrogen-bond donors (Lipinski definition) is 0. The van der Waals surface area contributed by atoms with Crippen LogP contribution in [-0.4, -0.2) is 39.0 Å². The maximum Gasteiger partial charge on any atom is 0.416 e. The molecule has 122 valence electrons. The van der Waals surface area contributed by atoms with Crippen LogP contribution in [0.25, 0.3) is 5.57 Å². The average molecular weight is 326 g/mol. The lowest BCUT2D eigenvalue weighted by atomic mass is 10.1. The first-order chi connectivity index (χ1) is 10.9. The van der Waals surface area contributed by atoms with Crippen molar-refractivity contribution in [3.8, 4) is 0 Å². The minimum atomic E-state index is -4.50. The van der Waals surface area contributed by atoms with Gasteiger partial charge in [-0.3, -0.25) is 0 Å². The largest absolute Gasteiger partial charge is 0.462 e. The summed E-state index contributed by atoms with van der Waals surface area (Å²) in [5, 5.41) is 10.9. The summed E-state index contributed by atoms with van der Waals surface area (Å²) in [6.07, 6.45) is -0.234. The molecule has 0 aromatic carbocycles. The third-order valence-electron chi connectivity index (χ3n) is 2.95. The molecule has 0 radical (unpaired) electrons. The third kappa shape index (κ3) is 3.74. The van der Waals surface area contributed by atoms with Gasteiger partial charge in [0.1, 0.15) is 5.57 Å². The summed E-state index contributed by atoms with van der Waals surface area (Å²) in [5.74, 6) is -0.428. The normalized spacial score (nSPS) is 16.8. The summed E-state index contributed by atoms with van der Waals surface area (Å²) < 4.78 is 44.2. The third-order valence-corrected chi connectivity index (χ3v) is 2.95. The standard InChI is InChI=1S/C14H13F3N4O2/c1-3-10(14(15,16)17)6-5-9-7-11(13(22)23-4-2)12-18-19-20-21(12)8-9/h3,5-7H,1,4,8H2,2H3/b9-5-,10-6+. The van der Waals surface area contributed by atoms with Crippen LogP contribution in [0.1, 0.15) is 12.7 Å². The number of tetrazole rings is 1. The zero-order valence-electron chi connectivity index (χ0n) is 12.2. The van der Waals surface area contributed by atoms with Crippen LogP contribution in [0.5, 0.6) is 0 Å². The average Bonchev–Trinajstić information content (AvgIpc) is 2.94. The van der Waals surface area contributed by atoms with Crippen molar-refractivity contribution in [3.63, 3.8) is 0 Å². The summed E-state index contributed by atoms with van der Waals surface area (Å²) in [4.78, 5) is 11.9. The van der Waals surface area contributed by atoms with Gasteiger partial charge in [-0.2, -0.15) is 13.2 Å². The van der Waals surface area contributed by atoms with Gasteiger partial charge in [0, 0.05) is 0 Å². The lowest BCUT2D eigenvalue weighted by Crippen LogP contribution is -2.18. The number of halogens is 3. The fourth-order valence-corrected chi connectivity index (χ4v) is 1.91. The van der Waals surface area contributed by atoms with Gasteiger partial charge < -0.3 is 4.74 Å². The van der Waals surface area contributed by atoms with E-state index in [1.807, 2.05) is 0 Å². The number of ether oxygens (including phenoxy) is 1. The van der Waals surface area contributed by atoms with Crippen LogP contribution in [0, 0.1) is 0 Å². The van der Waals surface area contributed by atoms with Crippen molar-refractivity contribution in [1.29, 1.82) is 0 Å². The van der Waals surface area contributed by atoms with Gasteiger partial charge in [-0.15, -0.1) is 5.10 Å². The summed E-state index contributed by atoms with van der Waals surface area (Å²) in [5.41, 5.74) is -0.370. The van der Waals surface area contributed by atoms with E-state index < -0.39 is 17.7 Å². The van der Waals surface area contributed by atoms with Crippen molar-refractivity contribution < 1.29 is 22.7 Å². The summed E-state index contributed by atoms with van der Waals surface area (Å²) >= 11 is 0. The van der Waals surface area contributed by atoms with Crippen LogP contribution < -0.4 is 0 Å². The van der Waals surface area contributed by atoms with E-state index in [4.69, 9.17) is 4.74 Å². The van der Waals surface area contributed by atoms with E-state index in [1.54, 1.807) is 6.92 Å². The van der Waals surface area contributed by atoms with E-state index in [1.165, 1.54) is 16.8 Å². The molecule has 0 bridgehead atoms. The van der Waals surface area contributed by atoms with E-state index in [-0.39, 0.29) is 24.5 Å². The smallest absolute Gasteiger partial charge is 0.416 e. The highest BCUT2D eigenvalue weighted by atomic mass is 19.4. The first-order valence-corrected chi connectivity index (χ1v) is 6.62. The Bertz CT molecular complexity index is 714. The maximum absolute atomic E-state index is 12.7. The molecular weight excluding hydrogens is 313 g/mol. The molecule has 2 heterocycles. The number of hydrogen-bond acceptors (Lipinski definition) is 5. The molecule has 1 aliphatic rings. The van der Waals surface area contributed by atoms with Crippen molar-refractivity contribution in [2.24, 2.45) is 0 Å². The number of fused-ring (bicyclic) bond motifs is 1. The van der Waals surface area contributed by atoms with Gasteiger partial charge >= 0.3 is 12.1 Å². The van der Waals surface area contributed by atoms with Crippen LogP contribution in [0.4, 0.5) is 13.2 Å². The summed E-state index contributed by atoms with van der Waals surface area (Å²) in [6, 6.07) is 0. The molecule has 0 amide bonds. The van der Waals surface area contributed by atoms with Crippen molar-refractivity contribution in [3.05, 3.63) is 47.9 Å². The van der Waals surface area contributed by atoms with Gasteiger partial charge in [0.05, 0.1) is 18.7 Å². The number of carbonyl (C=O) groups excluding carboxylic acids is 1. The minimum absolute atomic E-state index is 0.0925. The Morgan fingerprint density at radius 2 is 2.26 bits per heavy atom. The predicted octanol–water partition coefficient (Wildman–Crippen LogP) is 2.23. The first-order valence-electron chi connectivity index (χ1n) is 6.62. The molecule has 1 aromatic heterocycles. The number of nitrogens with zero attached hydrogens (tertiary/aromatic N) is 4. The highest BCUT2D eigenvalue weighted by Crippen LogP contribution is 2.27. The van der Waals surface area contributed by atoms with E-state index in [0.717, 1.165) is 12.2 Å². The second-order valence-electron chi connectivity index (χ2n) is 4.50. The Hall–Kier alpha value is -2.71. The molecule has 0 N–H and O–H groups in total. The Labute approximate surface area is 129 Å². The molecule has 1 aliphatic heterocycles. The lowest BCUT2D eigenvalue weighted by molar-refractivity contribution is -0.136. The zero-order valence-corrected chi connectivity index (χ0v) is 12.2. The quantitative estimate of drug-likeness (QED) is 0.627. The predicted molar refractivity (Wildman–Crippen MR) is 74.8 cm³/mol. The Kier molecular flexibility index (Phi) is 4.77. The molecule has 0 fully saturated rings. The fourth-order valence-electron chi connectivity index (χ4n) is 1.91. The molecule has 9 heteroatoms. The number of alkyl halides is 3. The molecule has 0 spiro atoms. The molecule has 0 saturated heterocycles. The van der Waals surface area contributed by atoms with Crippen molar-refractivity contribution >= 4 is 11.5 Å². The van der Waals surface area contributed by atoms with Gasteiger partial charge in [0.15, 0.2) is 5.82 Å². The monoisotopic (exact) mass is 326 g/mol. The number of allylic oxidation sites excluding steroid dienone is 6. The van der Waals surface area contributed by atoms with Crippen molar-refractivity contribution in [1.82, 2.24) is 20.2 Å². The topological polar surface area (TPSA) is 69.9 Å². The van der Waals surface area contributed by atoms with Gasteiger partial charge in [0.2, 0.25) is 0 Å². The Morgan fingerprint density at radius 3 is 2.87 bits per heavy atom. The van der Waals surface area contributed by atoms with Crippen LogP contribution in [0.15, 0.2) is 42.0 Å². The minimum Gasteiger partial charge on any atom is -0.462 e. The molecular formula is C14H13F3N4O2. The SMILES string of the molecule is C=C/C(=C\C=C1\C=C(C(=O)OCC)c2nnnn2C1)C(F)(F)F. The first kappa shape index (κ1) is 16.7. The molecule has 0 atom stereocenters. The second kappa shape index (κ2) is 6.59. The molecule has 23 heavy (non-hydrogen) atoms. The number of rotatable bonds is 4. The number of aromatic nitrogens is 4. The molecule has 0 aliphatic carbocycles. The van der Waals surface area contributed by atoms with Gasteiger partial charge in [-0.1, -0.05) is 18.7 Å². The molecule has 6 nitrogen and oxygen atoms in total. The highest BCUT2D eigenvalue weighted by molar-refractivity contribution is 6.16. The van der Waals surface area contributed by atoms with E-state index >= 15 is 0 Å². The van der Waals surface area contributed by atoms with Crippen LogP contribution in [-0.2, 0) is 16.1 Å². The summed E-state index contributed by atoms with van der Waals surface area (Å²) in [7, 11) is 0. The van der Waals surface area contributed by atoms with Gasteiger partial charge in [-0.25, -0.2) is 9.48 Å². The lowest BCUT2D eigenvalue weighted by Gasteiger charge is -2.14. The molecule has 1 aromatic rings. The van der Waals surface area contributed by atoms with Crippen LogP contribution >= 0.6 is 0 Å². The number of esters is 1. The molecule has 0 saturated carbocycles. The van der Waals surface area contributed by atoms with Crippen LogP contribution in [0.3, 0.4) is 0 Å². The Balaban J connectivity index is 2.39. The number of carbonyl (C=O) groups is 1. The summed E-state index contributed by atoms with van der Waals surface area (Å²) in [6.45, 7) is 5.09. The fraction of sp³-hybridized carbons (Fsp3) is 0.286. The second-order valence-corrected chi connectivity index (χ2v) is 4.50. The van der Waals surface area contributed by atoms with E-state index in [9.17, 15) is 18.0 Å². The van der Waals surface area contributed by atoms with Crippen molar-refractivity contribution in [2.45, 2.75) is 19.6 Å². The van der Waals surface area contributed by atoms with Gasteiger partial charge in [0.25, 0.3) is 0 Å². The van der Waals surface area contributed by atoms with Crippen LogP contribution in [0.2, 0.25) is 0 Å². The van der Waals surface area contributed by atoms with Gasteiger partial charge in [-0.05, 0) is 35.1 Å². The maximum atomic E-state index is 12.7. The molecule has 2 rings (SSSR count). The zero-order chi connectivity index (χ0) is 17.0. The van der Waals surface area contributed by atoms with E-state index in [2.05, 4.69) is 22.1 Å². The highest BCUT2D eigenvalue weighted by Gasteiger charge is 2.31.